The number of carbonyl (C=O) groups is 1. The van der Waals surface area contributed by atoms with Crippen molar-refractivity contribution in [2.45, 2.75) is 19.8 Å². The zero-order valence-corrected chi connectivity index (χ0v) is 16.9. The van der Waals surface area contributed by atoms with Gasteiger partial charge in [0, 0.05) is 18.9 Å². The molecule has 0 spiro atoms. The summed E-state index contributed by atoms with van der Waals surface area (Å²) in [5, 5.41) is 11.1. The first-order chi connectivity index (χ1) is 15.1. The van der Waals surface area contributed by atoms with E-state index in [1.54, 1.807) is 60.5 Å². The maximum atomic E-state index is 14.3. The summed E-state index contributed by atoms with van der Waals surface area (Å²) in [4.78, 5) is 21.0. The van der Waals surface area contributed by atoms with Gasteiger partial charge in [0.25, 0.3) is 5.91 Å². The minimum Gasteiger partial charge on any atom is -0.352 e. The van der Waals surface area contributed by atoms with E-state index in [1.165, 1.54) is 23.6 Å². The number of pyridine rings is 1. The lowest BCUT2D eigenvalue weighted by Gasteiger charge is -2.06. The predicted octanol–water partition coefficient (Wildman–Crippen LogP) is 3.10. The number of benzene rings is 1. The monoisotopic (exact) mass is 417 g/mol. The predicted molar refractivity (Wildman–Crippen MR) is 111 cm³/mol. The van der Waals surface area contributed by atoms with Crippen molar-refractivity contribution >= 4 is 5.91 Å². The van der Waals surface area contributed by atoms with Crippen LogP contribution in [0.15, 0.2) is 55.1 Å². The number of amides is 1. The Morgan fingerprint density at radius 1 is 1.19 bits per heavy atom. The van der Waals surface area contributed by atoms with Gasteiger partial charge in [-0.1, -0.05) is 17.3 Å². The van der Waals surface area contributed by atoms with E-state index in [0.717, 1.165) is 0 Å². The molecular formula is C22H20FN7O. The highest BCUT2D eigenvalue weighted by Crippen LogP contribution is 2.28. The van der Waals surface area contributed by atoms with Gasteiger partial charge in [-0.05, 0) is 49.9 Å². The number of hydrogen-bond donors (Lipinski definition) is 1. The Balaban J connectivity index is 1.40. The summed E-state index contributed by atoms with van der Waals surface area (Å²) in [7, 11) is 0. The minimum atomic E-state index is -0.398. The van der Waals surface area contributed by atoms with E-state index in [9.17, 15) is 9.18 Å². The Morgan fingerprint density at radius 2 is 2.03 bits per heavy atom. The van der Waals surface area contributed by atoms with E-state index < -0.39 is 5.82 Å². The highest BCUT2D eigenvalue weighted by molar-refractivity contribution is 5.93. The fraction of sp³-hybridized carbons (Fsp3) is 0.227. The van der Waals surface area contributed by atoms with Crippen molar-refractivity contribution in [3.63, 3.8) is 0 Å². The second-order valence-corrected chi connectivity index (χ2v) is 7.61. The van der Waals surface area contributed by atoms with Crippen LogP contribution >= 0.6 is 0 Å². The summed E-state index contributed by atoms with van der Waals surface area (Å²) in [5.41, 5.74) is 2.62. The molecule has 31 heavy (non-hydrogen) atoms. The molecule has 0 unspecified atom stereocenters. The van der Waals surface area contributed by atoms with Crippen molar-refractivity contribution in [1.29, 1.82) is 0 Å². The zero-order chi connectivity index (χ0) is 21.4. The molecule has 1 aliphatic rings. The normalized spacial score (nSPS) is 13.4. The molecule has 8 nitrogen and oxygen atoms in total. The maximum Gasteiger partial charge on any atom is 0.252 e. The molecule has 1 amide bonds. The molecule has 0 aliphatic heterocycles. The number of carbonyl (C=O) groups excluding carboxylic acids is 1. The molecule has 1 aliphatic carbocycles. The molecule has 0 saturated heterocycles. The second-order valence-electron chi connectivity index (χ2n) is 7.61. The summed E-state index contributed by atoms with van der Waals surface area (Å²) >= 11 is 0. The highest BCUT2D eigenvalue weighted by Gasteiger charge is 2.22. The number of nitrogens with one attached hydrogen (secondary N) is 1. The fourth-order valence-corrected chi connectivity index (χ4v) is 3.35. The number of halogens is 1. The number of nitrogens with zero attached hydrogens (tertiary/aromatic N) is 6. The van der Waals surface area contributed by atoms with E-state index in [-0.39, 0.29) is 5.91 Å². The SMILES string of the molecule is Cc1nnn(-c2ccccc2F)c1-c1cn(-c2ccc(C(=O)NCC3CC3)cn2)cn1. The number of aryl methyl sites for hydroxylation is 1. The van der Waals surface area contributed by atoms with Gasteiger partial charge in [-0.2, -0.15) is 0 Å². The molecule has 5 rings (SSSR count). The van der Waals surface area contributed by atoms with Gasteiger partial charge in [0.1, 0.15) is 35.0 Å². The molecule has 156 valence electrons. The maximum absolute atomic E-state index is 14.3. The van der Waals surface area contributed by atoms with E-state index in [1.807, 2.05) is 0 Å². The average molecular weight is 417 g/mol. The third-order valence-electron chi connectivity index (χ3n) is 5.27. The first kappa shape index (κ1) is 19.1. The zero-order valence-electron chi connectivity index (χ0n) is 16.9. The molecular weight excluding hydrogens is 397 g/mol. The number of rotatable bonds is 6. The minimum absolute atomic E-state index is 0.118. The van der Waals surface area contributed by atoms with E-state index in [0.29, 0.717) is 46.6 Å². The van der Waals surface area contributed by atoms with Crippen LogP contribution in [0, 0.1) is 18.7 Å². The van der Waals surface area contributed by atoms with Crippen LogP contribution in [0.2, 0.25) is 0 Å². The largest absolute Gasteiger partial charge is 0.352 e. The lowest BCUT2D eigenvalue weighted by molar-refractivity contribution is 0.0951. The summed E-state index contributed by atoms with van der Waals surface area (Å²) in [6.07, 6.45) is 7.31. The quantitative estimate of drug-likeness (QED) is 0.521. The highest BCUT2D eigenvalue weighted by atomic mass is 19.1. The summed E-state index contributed by atoms with van der Waals surface area (Å²) < 4.78 is 17.5. The molecule has 1 fully saturated rings. The van der Waals surface area contributed by atoms with Crippen LogP contribution in [0.25, 0.3) is 22.9 Å². The molecule has 1 N–H and O–H groups in total. The van der Waals surface area contributed by atoms with Gasteiger partial charge in [0.15, 0.2) is 0 Å². The lowest BCUT2D eigenvalue weighted by Crippen LogP contribution is -2.25. The fourth-order valence-electron chi connectivity index (χ4n) is 3.35. The first-order valence-corrected chi connectivity index (χ1v) is 10.1. The van der Waals surface area contributed by atoms with Gasteiger partial charge in [0.2, 0.25) is 0 Å². The van der Waals surface area contributed by atoms with Crippen LogP contribution in [0.3, 0.4) is 0 Å². The van der Waals surface area contributed by atoms with Gasteiger partial charge in [-0.15, -0.1) is 5.10 Å². The van der Waals surface area contributed by atoms with E-state index in [2.05, 4.69) is 25.6 Å². The molecule has 3 aromatic heterocycles. The molecule has 0 radical (unpaired) electrons. The molecule has 1 saturated carbocycles. The number of hydrogen-bond acceptors (Lipinski definition) is 5. The summed E-state index contributed by atoms with van der Waals surface area (Å²) in [5.74, 6) is 0.717. The Bertz CT molecular complexity index is 1240. The molecule has 1 aromatic carbocycles. The number of imidazole rings is 1. The van der Waals surface area contributed by atoms with Crippen LogP contribution in [0.5, 0.6) is 0 Å². The number of para-hydroxylation sites is 1. The first-order valence-electron chi connectivity index (χ1n) is 10.1. The third kappa shape index (κ3) is 3.81. The molecule has 3 heterocycles. The Kier molecular flexibility index (Phi) is 4.78. The van der Waals surface area contributed by atoms with Crippen molar-refractivity contribution in [2.75, 3.05) is 6.54 Å². The summed E-state index contributed by atoms with van der Waals surface area (Å²) in [6.45, 7) is 2.51. The van der Waals surface area contributed by atoms with E-state index >= 15 is 0 Å². The van der Waals surface area contributed by atoms with Crippen LogP contribution in [-0.4, -0.2) is 42.0 Å². The van der Waals surface area contributed by atoms with Crippen molar-refractivity contribution < 1.29 is 9.18 Å². The Hall–Kier alpha value is -3.88. The number of aromatic nitrogens is 6. The smallest absolute Gasteiger partial charge is 0.252 e. The van der Waals surface area contributed by atoms with Gasteiger partial charge >= 0.3 is 0 Å². The molecule has 0 bridgehead atoms. The Labute approximate surface area is 177 Å². The van der Waals surface area contributed by atoms with Crippen LogP contribution in [0.1, 0.15) is 28.9 Å². The summed E-state index contributed by atoms with van der Waals surface area (Å²) in [6, 6.07) is 9.87. The average Bonchev–Trinajstić information content (AvgIpc) is 3.36. The van der Waals surface area contributed by atoms with Gasteiger partial charge in [0.05, 0.1) is 11.3 Å². The van der Waals surface area contributed by atoms with Crippen LogP contribution in [0.4, 0.5) is 4.39 Å². The molecule has 9 heteroatoms. The van der Waals surface area contributed by atoms with Crippen molar-refractivity contribution in [3.05, 3.63) is 72.2 Å². The van der Waals surface area contributed by atoms with E-state index in [4.69, 9.17) is 0 Å². The van der Waals surface area contributed by atoms with Crippen molar-refractivity contribution in [2.24, 2.45) is 5.92 Å². The standard InChI is InChI=1S/C22H20FN7O/c1-14-21(30(28-27-14)19-5-3-2-4-17(19)23)18-12-29(13-26-18)20-9-8-16(11-24-20)22(31)25-10-15-6-7-15/h2-5,8-9,11-13,15H,6-7,10H2,1H3,(H,25,31). The van der Waals surface area contributed by atoms with Crippen molar-refractivity contribution in [3.8, 4) is 22.9 Å². The van der Waals surface area contributed by atoms with Gasteiger partial charge in [-0.25, -0.2) is 19.0 Å². The third-order valence-corrected chi connectivity index (χ3v) is 5.27. The topological polar surface area (TPSA) is 90.5 Å². The molecule has 0 atom stereocenters. The second kappa shape index (κ2) is 7.75. The van der Waals surface area contributed by atoms with Crippen LogP contribution < -0.4 is 5.32 Å². The Morgan fingerprint density at radius 3 is 2.77 bits per heavy atom. The lowest BCUT2D eigenvalue weighted by atomic mass is 10.2. The van der Waals surface area contributed by atoms with Gasteiger partial charge in [-0.3, -0.25) is 9.36 Å². The van der Waals surface area contributed by atoms with Gasteiger partial charge < -0.3 is 5.32 Å². The molecule has 4 aromatic rings. The van der Waals surface area contributed by atoms with Crippen LogP contribution in [-0.2, 0) is 0 Å². The van der Waals surface area contributed by atoms with Crippen molar-refractivity contribution in [1.82, 2.24) is 34.8 Å².